The van der Waals surface area contributed by atoms with Crippen LogP contribution in [0.25, 0.3) is 0 Å². The van der Waals surface area contributed by atoms with Crippen molar-refractivity contribution in [2.75, 3.05) is 7.11 Å². The maximum absolute atomic E-state index is 13.0. The molecule has 0 bridgehead atoms. The summed E-state index contributed by atoms with van der Waals surface area (Å²) in [5, 5.41) is 0. The molecule has 1 aromatic rings. The van der Waals surface area contributed by atoms with Crippen LogP contribution in [0, 0.1) is 11.6 Å². The van der Waals surface area contributed by atoms with E-state index in [4.69, 9.17) is 11.9 Å². The van der Waals surface area contributed by atoms with E-state index in [0.29, 0.717) is 0 Å². The highest BCUT2D eigenvalue weighted by Crippen LogP contribution is 2.21. The molecule has 0 saturated carbocycles. The van der Waals surface area contributed by atoms with Gasteiger partial charge in [0.05, 0.1) is 31.1 Å². The molecule has 0 amide bonds. The Hall–Kier alpha value is -0.870. The monoisotopic (exact) mass is 208 g/mol. The van der Waals surface area contributed by atoms with Gasteiger partial charge >= 0.3 is 0 Å². The van der Waals surface area contributed by atoms with Gasteiger partial charge in [0.15, 0.2) is 0 Å². The van der Waals surface area contributed by atoms with Crippen LogP contribution in [0.1, 0.15) is 5.56 Å². The number of rotatable bonds is 3. The van der Waals surface area contributed by atoms with E-state index in [-0.39, 0.29) is 17.9 Å². The first-order chi connectivity index (χ1) is 6.19. The Balaban J connectivity index is 3.07. The van der Waals surface area contributed by atoms with Crippen molar-refractivity contribution < 1.29 is 17.8 Å². The van der Waals surface area contributed by atoms with Crippen molar-refractivity contribution in [3.05, 3.63) is 29.3 Å². The Morgan fingerprint density at radius 1 is 1.31 bits per heavy atom. The molecule has 13 heavy (non-hydrogen) atoms. The summed E-state index contributed by atoms with van der Waals surface area (Å²) in [6.07, 6.45) is 0. The van der Waals surface area contributed by atoms with Crippen molar-refractivity contribution in [3.63, 3.8) is 0 Å². The lowest BCUT2D eigenvalue weighted by Gasteiger charge is -2.05. The lowest BCUT2D eigenvalue weighted by atomic mass is 10.2. The van der Waals surface area contributed by atoms with Crippen LogP contribution in [-0.4, -0.2) is 7.11 Å². The standard InChI is InChI=1S/C8H7ClF2O2/c1-12-5-2-7(10)6(4-13-9)8(11)3-5/h2-3H,4H2,1H3. The maximum Gasteiger partial charge on any atom is 0.135 e. The van der Waals surface area contributed by atoms with E-state index in [1.807, 2.05) is 0 Å². The molecule has 0 N–H and O–H groups in total. The molecule has 5 heteroatoms. The van der Waals surface area contributed by atoms with Gasteiger partial charge in [-0.1, -0.05) is 0 Å². The minimum atomic E-state index is -0.738. The molecular formula is C8H7ClF2O2. The largest absolute Gasteiger partial charge is 0.497 e. The molecule has 0 atom stereocenters. The third-order valence-corrected chi connectivity index (χ3v) is 1.66. The highest BCUT2D eigenvalue weighted by Gasteiger charge is 2.11. The first kappa shape index (κ1) is 10.2. The van der Waals surface area contributed by atoms with E-state index >= 15 is 0 Å². The third-order valence-electron chi connectivity index (χ3n) is 1.55. The van der Waals surface area contributed by atoms with Crippen LogP contribution in [0.2, 0.25) is 0 Å². The molecule has 0 spiro atoms. The summed E-state index contributed by atoms with van der Waals surface area (Å²) in [7, 11) is 1.33. The number of hydrogen-bond donors (Lipinski definition) is 0. The van der Waals surface area contributed by atoms with Crippen LogP contribution in [0.5, 0.6) is 5.75 Å². The van der Waals surface area contributed by atoms with E-state index in [9.17, 15) is 8.78 Å². The second kappa shape index (κ2) is 4.39. The Bertz CT molecular complexity index is 281. The topological polar surface area (TPSA) is 18.5 Å². The fraction of sp³-hybridized carbons (Fsp3) is 0.250. The van der Waals surface area contributed by atoms with E-state index in [0.717, 1.165) is 12.1 Å². The average molecular weight is 209 g/mol. The second-order valence-electron chi connectivity index (χ2n) is 2.32. The molecule has 0 radical (unpaired) electrons. The van der Waals surface area contributed by atoms with Gasteiger partial charge in [0.2, 0.25) is 0 Å². The summed E-state index contributed by atoms with van der Waals surface area (Å²) < 4.78 is 34.8. The number of hydrogen-bond acceptors (Lipinski definition) is 2. The highest BCUT2D eigenvalue weighted by molar-refractivity contribution is 6.07. The van der Waals surface area contributed by atoms with E-state index in [1.165, 1.54) is 7.11 Å². The Morgan fingerprint density at radius 2 is 1.85 bits per heavy atom. The summed E-state index contributed by atoms with van der Waals surface area (Å²) in [5.74, 6) is -1.36. The van der Waals surface area contributed by atoms with Gasteiger partial charge < -0.3 is 4.74 Å². The molecule has 0 aliphatic carbocycles. The maximum atomic E-state index is 13.0. The zero-order valence-corrected chi connectivity index (χ0v) is 7.57. The Kier molecular flexibility index (Phi) is 3.45. The quantitative estimate of drug-likeness (QED) is 0.760. The minimum Gasteiger partial charge on any atom is -0.497 e. The van der Waals surface area contributed by atoms with Crippen LogP contribution < -0.4 is 4.74 Å². The number of methoxy groups -OCH3 is 1. The van der Waals surface area contributed by atoms with Crippen LogP contribution in [0.15, 0.2) is 12.1 Å². The predicted octanol–water partition coefficient (Wildman–Crippen LogP) is 2.64. The van der Waals surface area contributed by atoms with E-state index in [2.05, 4.69) is 9.03 Å². The minimum absolute atomic E-state index is 0.119. The van der Waals surface area contributed by atoms with Gasteiger partial charge in [0.1, 0.15) is 17.4 Å². The fourth-order valence-electron chi connectivity index (χ4n) is 0.890. The molecule has 0 aliphatic heterocycles. The Morgan fingerprint density at radius 3 is 2.23 bits per heavy atom. The van der Waals surface area contributed by atoms with Crippen molar-refractivity contribution in [3.8, 4) is 5.75 Å². The molecule has 0 saturated heterocycles. The van der Waals surface area contributed by atoms with E-state index < -0.39 is 11.6 Å². The van der Waals surface area contributed by atoms with Gasteiger partial charge in [-0.3, -0.25) is 4.29 Å². The zero-order valence-electron chi connectivity index (χ0n) is 6.81. The third kappa shape index (κ3) is 2.29. The molecule has 1 aromatic carbocycles. The number of ether oxygens (including phenoxy) is 1. The second-order valence-corrected chi connectivity index (χ2v) is 2.54. The molecule has 0 unspecified atom stereocenters. The molecule has 0 heterocycles. The van der Waals surface area contributed by atoms with Gasteiger partial charge in [0, 0.05) is 12.1 Å². The number of benzene rings is 1. The first-order valence-corrected chi connectivity index (χ1v) is 3.75. The van der Waals surface area contributed by atoms with Crippen molar-refractivity contribution in [1.82, 2.24) is 0 Å². The highest BCUT2D eigenvalue weighted by atomic mass is 35.5. The lowest BCUT2D eigenvalue weighted by molar-refractivity contribution is 0.321. The molecule has 72 valence electrons. The van der Waals surface area contributed by atoms with Gasteiger partial charge in [-0.25, -0.2) is 8.78 Å². The van der Waals surface area contributed by atoms with Gasteiger partial charge in [-0.05, 0) is 0 Å². The smallest absolute Gasteiger partial charge is 0.135 e. The summed E-state index contributed by atoms with van der Waals surface area (Å²) in [4.78, 5) is 0. The fourth-order valence-corrected chi connectivity index (χ4v) is 0.999. The summed E-state index contributed by atoms with van der Waals surface area (Å²) in [6.45, 7) is -0.316. The van der Waals surface area contributed by atoms with Crippen molar-refractivity contribution >= 4 is 11.9 Å². The van der Waals surface area contributed by atoms with Crippen molar-refractivity contribution in [2.24, 2.45) is 0 Å². The first-order valence-electron chi connectivity index (χ1n) is 3.44. The molecule has 0 aliphatic rings. The van der Waals surface area contributed by atoms with Crippen LogP contribution >= 0.6 is 11.9 Å². The van der Waals surface area contributed by atoms with Crippen molar-refractivity contribution in [2.45, 2.75) is 6.61 Å². The van der Waals surface area contributed by atoms with Gasteiger partial charge in [-0.2, -0.15) is 0 Å². The van der Waals surface area contributed by atoms with Gasteiger partial charge in [-0.15, -0.1) is 0 Å². The van der Waals surface area contributed by atoms with E-state index in [1.54, 1.807) is 0 Å². The SMILES string of the molecule is COc1cc(F)c(COCl)c(F)c1. The number of halogens is 3. The van der Waals surface area contributed by atoms with Crippen LogP contribution in [0.4, 0.5) is 8.78 Å². The Labute approximate surface area is 79.2 Å². The summed E-state index contributed by atoms with van der Waals surface area (Å²) in [5.41, 5.74) is -0.212. The predicted molar refractivity (Wildman–Crippen MR) is 43.6 cm³/mol. The average Bonchev–Trinajstić information content (AvgIpc) is 2.11. The van der Waals surface area contributed by atoms with Crippen LogP contribution in [0.3, 0.4) is 0 Å². The van der Waals surface area contributed by atoms with Gasteiger partial charge in [0.25, 0.3) is 0 Å². The van der Waals surface area contributed by atoms with Crippen LogP contribution in [-0.2, 0) is 10.9 Å². The van der Waals surface area contributed by atoms with Crippen molar-refractivity contribution in [1.29, 1.82) is 0 Å². The normalized spacial score (nSPS) is 10.2. The lowest BCUT2D eigenvalue weighted by Crippen LogP contribution is -1.97. The zero-order chi connectivity index (χ0) is 9.84. The molecule has 1 rings (SSSR count). The molecule has 0 fully saturated rings. The summed E-state index contributed by atoms with van der Waals surface area (Å²) >= 11 is 4.89. The molecular weight excluding hydrogens is 202 g/mol. The molecule has 0 aromatic heterocycles. The summed E-state index contributed by atoms with van der Waals surface area (Å²) in [6, 6.07) is 2.13. The molecule has 2 nitrogen and oxygen atoms in total.